The number of pyridine rings is 1. The fourth-order valence-electron chi connectivity index (χ4n) is 3.53. The molecule has 1 N–H and O–H groups in total. The number of rotatable bonds is 7. The topological polar surface area (TPSA) is 72.3 Å². The van der Waals surface area contributed by atoms with Crippen molar-refractivity contribution in [1.29, 1.82) is 0 Å². The lowest BCUT2D eigenvalue weighted by atomic mass is 10.3. The van der Waals surface area contributed by atoms with Crippen molar-refractivity contribution in [2.45, 2.75) is 19.3 Å². The van der Waals surface area contributed by atoms with E-state index in [9.17, 15) is 9.18 Å². The molecule has 4 rings (SSSR count). The maximum absolute atomic E-state index is 13.9. The summed E-state index contributed by atoms with van der Waals surface area (Å²) in [6.45, 7) is 4.21. The van der Waals surface area contributed by atoms with Gasteiger partial charge in [0.25, 0.3) is 5.56 Å². The lowest BCUT2D eigenvalue weighted by Crippen LogP contribution is -2.23. The Morgan fingerprint density at radius 1 is 1.21 bits per heavy atom. The third kappa shape index (κ3) is 4.37. The van der Waals surface area contributed by atoms with E-state index in [2.05, 4.69) is 20.2 Å². The van der Waals surface area contributed by atoms with Gasteiger partial charge < -0.3 is 15.0 Å². The molecular formula is C21H24FN5O2. The minimum Gasteiger partial charge on any atom is -0.448 e. The molecular weight excluding hydrogens is 373 g/mol. The molecule has 3 aromatic rings. The Hall–Kier alpha value is -3.00. The van der Waals surface area contributed by atoms with E-state index in [4.69, 9.17) is 4.74 Å². The minimum atomic E-state index is -0.528. The minimum absolute atomic E-state index is 0.00107. The van der Waals surface area contributed by atoms with E-state index in [-0.39, 0.29) is 17.1 Å². The normalized spacial score (nSPS) is 14.4. The fourth-order valence-corrected chi connectivity index (χ4v) is 3.53. The standard InChI is InChI=1S/C21H24FN5O2/c1-26-19-15(13-18(20(26)28)29-17-8-3-2-7-16(17)22)14-24-21(25-19)23-9-6-12-27-10-4-5-11-27/h2-3,7-8,13-14H,4-6,9-12H2,1H3,(H,23,24,25). The third-order valence-electron chi connectivity index (χ3n) is 5.11. The van der Waals surface area contributed by atoms with Gasteiger partial charge in [-0.2, -0.15) is 4.98 Å². The lowest BCUT2D eigenvalue weighted by molar-refractivity contribution is 0.337. The summed E-state index contributed by atoms with van der Waals surface area (Å²) in [5, 5.41) is 3.86. The molecule has 1 fully saturated rings. The number of likely N-dealkylation sites (tertiary alicyclic amines) is 1. The molecule has 2 aromatic heterocycles. The molecule has 0 aliphatic carbocycles. The highest BCUT2D eigenvalue weighted by atomic mass is 19.1. The first-order chi connectivity index (χ1) is 14.1. The molecule has 29 heavy (non-hydrogen) atoms. The predicted molar refractivity (Wildman–Crippen MR) is 110 cm³/mol. The first-order valence-corrected chi connectivity index (χ1v) is 9.87. The number of para-hydroxylation sites is 1. The SMILES string of the molecule is Cn1c(=O)c(Oc2ccccc2F)cc2cnc(NCCCN3CCCC3)nc21. The fraction of sp³-hybridized carbons (Fsp3) is 0.381. The van der Waals surface area contributed by atoms with Gasteiger partial charge >= 0.3 is 0 Å². The summed E-state index contributed by atoms with van der Waals surface area (Å²) >= 11 is 0. The van der Waals surface area contributed by atoms with Crippen LogP contribution in [0.15, 0.2) is 41.3 Å². The van der Waals surface area contributed by atoms with E-state index in [0.29, 0.717) is 17.0 Å². The Morgan fingerprint density at radius 3 is 2.79 bits per heavy atom. The molecule has 0 spiro atoms. The summed E-state index contributed by atoms with van der Waals surface area (Å²) in [4.78, 5) is 23.9. The summed E-state index contributed by atoms with van der Waals surface area (Å²) in [6.07, 6.45) is 5.23. The van der Waals surface area contributed by atoms with E-state index >= 15 is 0 Å². The van der Waals surface area contributed by atoms with Crippen molar-refractivity contribution in [1.82, 2.24) is 19.4 Å². The van der Waals surface area contributed by atoms with Crippen molar-refractivity contribution in [3.8, 4) is 11.5 Å². The number of ether oxygens (including phenoxy) is 1. The van der Waals surface area contributed by atoms with E-state index in [1.54, 1.807) is 31.4 Å². The molecule has 3 heterocycles. The molecule has 152 valence electrons. The van der Waals surface area contributed by atoms with Crippen molar-refractivity contribution in [2.24, 2.45) is 7.05 Å². The van der Waals surface area contributed by atoms with Crippen LogP contribution in [0, 0.1) is 5.82 Å². The average molecular weight is 397 g/mol. The van der Waals surface area contributed by atoms with E-state index in [0.717, 1.165) is 19.5 Å². The Bertz CT molecular complexity index is 1060. The van der Waals surface area contributed by atoms with Crippen molar-refractivity contribution in [2.75, 3.05) is 31.5 Å². The van der Waals surface area contributed by atoms with Crippen LogP contribution in [0.3, 0.4) is 0 Å². The smallest absolute Gasteiger partial charge is 0.294 e. The van der Waals surface area contributed by atoms with Gasteiger partial charge in [0.2, 0.25) is 5.95 Å². The Labute approximate surface area is 168 Å². The lowest BCUT2D eigenvalue weighted by Gasteiger charge is -2.14. The summed E-state index contributed by atoms with van der Waals surface area (Å²) in [5.74, 6) is -0.0164. The Kier molecular flexibility index (Phi) is 5.71. The quantitative estimate of drug-likeness (QED) is 0.618. The van der Waals surface area contributed by atoms with Crippen LogP contribution in [-0.4, -0.2) is 45.6 Å². The van der Waals surface area contributed by atoms with Crippen molar-refractivity contribution < 1.29 is 9.13 Å². The number of halogens is 1. The van der Waals surface area contributed by atoms with Gasteiger partial charge in [0, 0.05) is 25.2 Å². The second kappa shape index (κ2) is 8.57. The number of anilines is 1. The Balaban J connectivity index is 1.49. The van der Waals surface area contributed by atoms with Crippen LogP contribution in [0.5, 0.6) is 11.5 Å². The van der Waals surface area contributed by atoms with Gasteiger partial charge in [-0.3, -0.25) is 9.36 Å². The van der Waals surface area contributed by atoms with Crippen LogP contribution in [0.4, 0.5) is 10.3 Å². The largest absolute Gasteiger partial charge is 0.448 e. The molecule has 0 radical (unpaired) electrons. The van der Waals surface area contributed by atoms with E-state index in [1.165, 1.54) is 42.6 Å². The number of aromatic nitrogens is 3. The Morgan fingerprint density at radius 2 is 2.00 bits per heavy atom. The van der Waals surface area contributed by atoms with Crippen LogP contribution in [0.1, 0.15) is 19.3 Å². The third-order valence-corrected chi connectivity index (χ3v) is 5.11. The summed E-state index contributed by atoms with van der Waals surface area (Å²) in [5.41, 5.74) is 0.104. The second-order valence-corrected chi connectivity index (χ2v) is 7.21. The summed E-state index contributed by atoms with van der Waals surface area (Å²) < 4.78 is 20.7. The molecule has 1 aromatic carbocycles. The second-order valence-electron chi connectivity index (χ2n) is 7.21. The number of aryl methyl sites for hydroxylation is 1. The van der Waals surface area contributed by atoms with Gasteiger partial charge in [0.1, 0.15) is 5.65 Å². The molecule has 1 saturated heterocycles. The molecule has 7 nitrogen and oxygen atoms in total. The maximum Gasteiger partial charge on any atom is 0.294 e. The zero-order valence-corrected chi connectivity index (χ0v) is 16.4. The molecule has 0 bridgehead atoms. The summed E-state index contributed by atoms with van der Waals surface area (Å²) in [7, 11) is 1.61. The number of hydrogen-bond acceptors (Lipinski definition) is 6. The number of fused-ring (bicyclic) bond motifs is 1. The van der Waals surface area contributed by atoms with Gasteiger partial charge in [-0.25, -0.2) is 9.37 Å². The molecule has 8 heteroatoms. The highest BCUT2D eigenvalue weighted by Gasteiger charge is 2.13. The molecule has 0 atom stereocenters. The highest BCUT2D eigenvalue weighted by Crippen LogP contribution is 2.24. The number of benzene rings is 1. The molecule has 0 amide bonds. The first kappa shape index (κ1) is 19.3. The van der Waals surface area contributed by atoms with Crippen molar-refractivity contribution in [3.05, 3.63) is 52.7 Å². The van der Waals surface area contributed by atoms with Gasteiger partial charge in [-0.05, 0) is 57.1 Å². The van der Waals surface area contributed by atoms with Crippen LogP contribution in [0.2, 0.25) is 0 Å². The van der Waals surface area contributed by atoms with E-state index < -0.39 is 5.82 Å². The highest BCUT2D eigenvalue weighted by molar-refractivity contribution is 5.76. The van der Waals surface area contributed by atoms with E-state index in [1.807, 2.05) is 0 Å². The first-order valence-electron chi connectivity index (χ1n) is 9.87. The maximum atomic E-state index is 13.9. The molecule has 0 saturated carbocycles. The van der Waals surface area contributed by atoms with Crippen LogP contribution < -0.4 is 15.6 Å². The van der Waals surface area contributed by atoms with Crippen LogP contribution in [0.25, 0.3) is 11.0 Å². The number of hydrogen-bond donors (Lipinski definition) is 1. The zero-order chi connectivity index (χ0) is 20.2. The number of nitrogens with zero attached hydrogens (tertiary/aromatic N) is 4. The molecule has 1 aliphatic heterocycles. The zero-order valence-electron chi connectivity index (χ0n) is 16.4. The van der Waals surface area contributed by atoms with Gasteiger partial charge in [0.15, 0.2) is 17.3 Å². The van der Waals surface area contributed by atoms with Crippen LogP contribution >= 0.6 is 0 Å². The van der Waals surface area contributed by atoms with Gasteiger partial charge in [-0.15, -0.1) is 0 Å². The predicted octanol–water partition coefficient (Wildman–Crippen LogP) is 3.16. The average Bonchev–Trinajstić information content (AvgIpc) is 3.25. The summed E-state index contributed by atoms with van der Waals surface area (Å²) in [6, 6.07) is 7.51. The van der Waals surface area contributed by atoms with Crippen LogP contribution in [-0.2, 0) is 7.05 Å². The van der Waals surface area contributed by atoms with Crippen molar-refractivity contribution in [3.63, 3.8) is 0 Å². The monoisotopic (exact) mass is 397 g/mol. The molecule has 0 unspecified atom stereocenters. The van der Waals surface area contributed by atoms with Gasteiger partial charge in [-0.1, -0.05) is 12.1 Å². The number of nitrogens with one attached hydrogen (secondary N) is 1. The van der Waals surface area contributed by atoms with Crippen molar-refractivity contribution >= 4 is 17.0 Å². The van der Waals surface area contributed by atoms with Gasteiger partial charge in [0.05, 0.1) is 0 Å². The molecule has 1 aliphatic rings.